The largest absolute Gasteiger partial charge is 0.377 e. The fraction of sp³-hybridized carbons (Fsp3) is 0.909. The Morgan fingerprint density at radius 2 is 1.93 bits per heavy atom. The summed E-state index contributed by atoms with van der Waals surface area (Å²) < 4.78 is 5.44. The van der Waals surface area contributed by atoms with Crippen molar-refractivity contribution in [3.8, 4) is 0 Å². The molecule has 0 unspecified atom stereocenters. The third kappa shape index (κ3) is 2.27. The number of hydrogen-bond donors (Lipinski definition) is 1. The molecule has 1 fully saturated rings. The van der Waals surface area contributed by atoms with Gasteiger partial charge in [0, 0.05) is 12.0 Å². The Hall–Kier alpha value is -0.570. The van der Waals surface area contributed by atoms with Gasteiger partial charge in [0.2, 0.25) is 0 Å². The van der Waals surface area contributed by atoms with Crippen LogP contribution in [-0.4, -0.2) is 36.0 Å². The Labute approximate surface area is 86.9 Å². The van der Waals surface area contributed by atoms with E-state index in [1.54, 1.807) is 0 Å². The van der Waals surface area contributed by atoms with Crippen LogP contribution in [-0.2, 0) is 4.74 Å². The zero-order valence-electron chi connectivity index (χ0n) is 9.98. The van der Waals surface area contributed by atoms with Crippen molar-refractivity contribution in [2.75, 3.05) is 19.8 Å². The molecule has 1 aliphatic rings. The van der Waals surface area contributed by atoms with Crippen LogP contribution in [0.5, 0.6) is 0 Å². The van der Waals surface area contributed by atoms with Gasteiger partial charge >= 0.3 is 0 Å². The molecule has 0 atom stereocenters. The second-order valence-electron chi connectivity index (χ2n) is 5.62. The molecule has 0 radical (unpaired) electrons. The Morgan fingerprint density at radius 3 is 2.36 bits per heavy atom. The van der Waals surface area contributed by atoms with E-state index >= 15 is 0 Å². The Bertz CT molecular complexity index is 228. The van der Waals surface area contributed by atoms with Gasteiger partial charge < -0.3 is 9.64 Å². The Kier molecular flexibility index (Phi) is 2.91. The summed E-state index contributed by atoms with van der Waals surface area (Å²) in [6, 6.07) is 0. The van der Waals surface area contributed by atoms with Crippen LogP contribution in [0.1, 0.15) is 34.6 Å². The average Bonchev–Trinajstić information content (AvgIpc) is 2.00. The molecule has 1 aliphatic heterocycles. The monoisotopic (exact) mass is 198 g/mol. The highest BCUT2D eigenvalue weighted by molar-refractivity contribution is 5.85. The van der Waals surface area contributed by atoms with E-state index in [-0.39, 0.29) is 11.0 Å². The normalized spacial score (nSPS) is 22.2. The van der Waals surface area contributed by atoms with E-state index in [1.165, 1.54) is 0 Å². The van der Waals surface area contributed by atoms with Gasteiger partial charge in [0.15, 0.2) is 0 Å². The summed E-state index contributed by atoms with van der Waals surface area (Å²) in [6.45, 7) is 12.8. The summed E-state index contributed by atoms with van der Waals surface area (Å²) >= 11 is 0. The van der Waals surface area contributed by atoms with Crippen molar-refractivity contribution < 1.29 is 4.74 Å². The first-order valence-electron chi connectivity index (χ1n) is 5.19. The molecule has 1 N–H and O–H groups in total. The molecule has 0 bridgehead atoms. The predicted molar refractivity (Wildman–Crippen MR) is 58.8 cm³/mol. The molecule has 14 heavy (non-hydrogen) atoms. The molecule has 0 aromatic heterocycles. The first kappa shape index (κ1) is 11.5. The lowest BCUT2D eigenvalue weighted by atomic mass is 9.90. The molecule has 0 saturated carbocycles. The van der Waals surface area contributed by atoms with Crippen molar-refractivity contribution in [3.63, 3.8) is 0 Å². The molecule has 0 amide bonds. The standard InChI is InChI=1S/C11H22N2O/c1-10(2,3)9(12)13-6-7-14-8-11(13,4)5/h12H,6-8H2,1-5H3. The van der Waals surface area contributed by atoms with Gasteiger partial charge in [-0.05, 0) is 13.8 Å². The van der Waals surface area contributed by atoms with Gasteiger partial charge in [-0.25, -0.2) is 0 Å². The number of hydrogen-bond acceptors (Lipinski definition) is 2. The van der Waals surface area contributed by atoms with E-state index in [0.29, 0.717) is 12.4 Å². The third-order valence-corrected chi connectivity index (χ3v) is 2.63. The lowest BCUT2D eigenvalue weighted by molar-refractivity contribution is -0.0191. The molecule has 0 spiro atoms. The molecule has 3 nitrogen and oxygen atoms in total. The van der Waals surface area contributed by atoms with Gasteiger partial charge in [0.1, 0.15) is 5.84 Å². The topological polar surface area (TPSA) is 36.3 Å². The third-order valence-electron chi connectivity index (χ3n) is 2.63. The molecule has 0 aliphatic carbocycles. The molecule has 1 rings (SSSR count). The van der Waals surface area contributed by atoms with E-state index in [0.717, 1.165) is 13.2 Å². The maximum atomic E-state index is 8.16. The van der Waals surface area contributed by atoms with Crippen molar-refractivity contribution in [1.29, 1.82) is 5.41 Å². The first-order chi connectivity index (χ1) is 6.25. The van der Waals surface area contributed by atoms with E-state index < -0.39 is 0 Å². The first-order valence-corrected chi connectivity index (χ1v) is 5.19. The molecule has 1 saturated heterocycles. The number of ether oxygens (including phenoxy) is 1. The predicted octanol–water partition coefficient (Wildman–Crippen LogP) is 2.12. The minimum absolute atomic E-state index is 0.0391. The smallest absolute Gasteiger partial charge is 0.102 e. The lowest BCUT2D eigenvalue weighted by Crippen LogP contribution is -2.57. The highest BCUT2D eigenvalue weighted by Gasteiger charge is 2.36. The van der Waals surface area contributed by atoms with Crippen molar-refractivity contribution in [1.82, 2.24) is 4.90 Å². The van der Waals surface area contributed by atoms with Gasteiger partial charge in [-0.2, -0.15) is 0 Å². The molecule has 3 heteroatoms. The highest BCUT2D eigenvalue weighted by Crippen LogP contribution is 2.26. The van der Waals surface area contributed by atoms with Crippen molar-refractivity contribution in [2.45, 2.75) is 40.2 Å². The average molecular weight is 198 g/mol. The van der Waals surface area contributed by atoms with Gasteiger partial charge in [-0.15, -0.1) is 0 Å². The van der Waals surface area contributed by atoms with Gasteiger partial charge in [-0.3, -0.25) is 5.41 Å². The number of amidine groups is 1. The van der Waals surface area contributed by atoms with Crippen LogP contribution in [0.4, 0.5) is 0 Å². The van der Waals surface area contributed by atoms with Crippen molar-refractivity contribution in [2.24, 2.45) is 5.41 Å². The van der Waals surface area contributed by atoms with Gasteiger partial charge in [0.05, 0.1) is 18.8 Å². The van der Waals surface area contributed by atoms with E-state index in [1.807, 2.05) is 0 Å². The van der Waals surface area contributed by atoms with E-state index in [9.17, 15) is 0 Å². The quantitative estimate of drug-likeness (QED) is 0.478. The number of nitrogens with zero attached hydrogens (tertiary/aromatic N) is 1. The van der Waals surface area contributed by atoms with Crippen LogP contribution < -0.4 is 0 Å². The lowest BCUT2D eigenvalue weighted by Gasteiger charge is -2.46. The van der Waals surface area contributed by atoms with Crippen molar-refractivity contribution >= 4 is 5.84 Å². The van der Waals surface area contributed by atoms with E-state index in [4.69, 9.17) is 10.1 Å². The summed E-state index contributed by atoms with van der Waals surface area (Å²) in [5.41, 5.74) is -0.114. The van der Waals surface area contributed by atoms with Crippen LogP contribution in [0, 0.1) is 10.8 Å². The minimum atomic E-state index is -0.0748. The molecular formula is C11H22N2O. The second kappa shape index (κ2) is 3.54. The molecular weight excluding hydrogens is 176 g/mol. The van der Waals surface area contributed by atoms with Crippen LogP contribution in [0.15, 0.2) is 0 Å². The van der Waals surface area contributed by atoms with Gasteiger partial charge in [0.25, 0.3) is 0 Å². The minimum Gasteiger partial charge on any atom is -0.377 e. The number of rotatable bonds is 0. The fourth-order valence-electron chi connectivity index (χ4n) is 1.68. The summed E-state index contributed by atoms with van der Waals surface area (Å²) in [5, 5.41) is 8.16. The van der Waals surface area contributed by atoms with Crippen LogP contribution >= 0.6 is 0 Å². The van der Waals surface area contributed by atoms with Crippen LogP contribution in [0.2, 0.25) is 0 Å². The summed E-state index contributed by atoms with van der Waals surface area (Å²) in [7, 11) is 0. The van der Waals surface area contributed by atoms with Crippen LogP contribution in [0.25, 0.3) is 0 Å². The highest BCUT2D eigenvalue weighted by atomic mass is 16.5. The SMILES string of the molecule is CC(C)(C)C(=N)N1CCOCC1(C)C. The zero-order valence-corrected chi connectivity index (χ0v) is 9.98. The second-order valence-corrected chi connectivity index (χ2v) is 5.62. The molecule has 1 heterocycles. The van der Waals surface area contributed by atoms with Crippen LogP contribution in [0.3, 0.4) is 0 Å². The molecule has 0 aromatic rings. The van der Waals surface area contributed by atoms with Crippen molar-refractivity contribution in [3.05, 3.63) is 0 Å². The molecule has 82 valence electrons. The summed E-state index contributed by atoms with van der Waals surface area (Å²) in [6.07, 6.45) is 0. The fourth-order valence-corrected chi connectivity index (χ4v) is 1.68. The Balaban J connectivity index is 2.80. The number of morpholine rings is 1. The van der Waals surface area contributed by atoms with E-state index in [2.05, 4.69) is 39.5 Å². The summed E-state index contributed by atoms with van der Waals surface area (Å²) in [5.74, 6) is 0.714. The maximum Gasteiger partial charge on any atom is 0.102 e. The molecule has 0 aromatic carbocycles. The maximum absolute atomic E-state index is 8.16. The zero-order chi connectivity index (χ0) is 11.0. The summed E-state index contributed by atoms with van der Waals surface area (Å²) in [4.78, 5) is 2.16. The van der Waals surface area contributed by atoms with Gasteiger partial charge in [-0.1, -0.05) is 20.8 Å². The Morgan fingerprint density at radius 1 is 1.36 bits per heavy atom. The number of nitrogens with one attached hydrogen (secondary N) is 1.